The van der Waals surface area contributed by atoms with Gasteiger partial charge in [0, 0.05) is 0 Å². The monoisotopic (exact) mass is 260 g/mol. The smallest absolute Gasteiger partial charge is 0.184 e. The summed E-state index contributed by atoms with van der Waals surface area (Å²) in [5.74, 6) is 0. The fourth-order valence-electron chi connectivity index (χ4n) is 2.90. The Morgan fingerprint density at radius 2 is 1.67 bits per heavy atom. The van der Waals surface area contributed by atoms with Crippen LogP contribution in [0.1, 0.15) is 31.2 Å². The molecule has 0 aliphatic heterocycles. The van der Waals surface area contributed by atoms with Crippen LogP contribution in [0.5, 0.6) is 0 Å². The van der Waals surface area contributed by atoms with E-state index in [0.717, 1.165) is 12.8 Å². The van der Waals surface area contributed by atoms with Crippen LogP contribution in [0.15, 0.2) is 36.9 Å². The highest BCUT2D eigenvalue weighted by molar-refractivity contribution is 6.69. The third-order valence-electron chi connectivity index (χ3n) is 3.59. The second-order valence-corrected chi connectivity index (χ2v) is 10.7. The molecule has 98 valence electrons. The van der Waals surface area contributed by atoms with Gasteiger partial charge in [-0.15, -0.1) is 0 Å². The molecule has 1 saturated carbocycles. The second kappa shape index (κ2) is 5.02. The van der Waals surface area contributed by atoms with Crippen LogP contribution in [-0.2, 0) is 4.43 Å². The van der Waals surface area contributed by atoms with Gasteiger partial charge in [-0.05, 0) is 43.6 Å². The first-order valence-corrected chi connectivity index (χ1v) is 10.3. The van der Waals surface area contributed by atoms with Gasteiger partial charge in [-0.3, -0.25) is 0 Å². The maximum Gasteiger partial charge on any atom is 0.184 e. The van der Waals surface area contributed by atoms with Crippen molar-refractivity contribution in [2.75, 3.05) is 0 Å². The highest BCUT2D eigenvalue weighted by Crippen LogP contribution is 2.44. The molecule has 0 unspecified atom stereocenters. The Hall–Kier alpha value is -0.863. The topological polar surface area (TPSA) is 9.23 Å². The van der Waals surface area contributed by atoms with Crippen LogP contribution < -0.4 is 0 Å². The molecular weight excluding hydrogens is 236 g/mol. The van der Waals surface area contributed by atoms with Crippen molar-refractivity contribution in [3.63, 3.8) is 0 Å². The third-order valence-corrected chi connectivity index (χ3v) is 4.59. The van der Waals surface area contributed by atoms with Crippen molar-refractivity contribution in [3.8, 4) is 0 Å². The van der Waals surface area contributed by atoms with Gasteiger partial charge in [0.05, 0.1) is 5.60 Å². The predicted molar refractivity (Wildman–Crippen MR) is 81.1 cm³/mol. The summed E-state index contributed by atoms with van der Waals surface area (Å²) in [6.07, 6.45) is 4.78. The van der Waals surface area contributed by atoms with Crippen molar-refractivity contribution in [2.24, 2.45) is 0 Å². The quantitative estimate of drug-likeness (QED) is 0.702. The van der Waals surface area contributed by atoms with Crippen molar-refractivity contribution in [2.45, 2.75) is 50.9 Å². The first-order valence-electron chi connectivity index (χ1n) is 6.88. The molecule has 0 radical (unpaired) electrons. The normalized spacial score (nSPS) is 18.8. The molecule has 0 saturated heterocycles. The van der Waals surface area contributed by atoms with Crippen LogP contribution in [-0.4, -0.2) is 13.9 Å². The Bertz CT molecular complexity index is 410. The van der Waals surface area contributed by atoms with E-state index in [1.807, 2.05) is 0 Å². The molecule has 1 aliphatic carbocycles. The lowest BCUT2D eigenvalue weighted by Crippen LogP contribution is -2.41. The Morgan fingerprint density at radius 3 is 2.17 bits per heavy atom. The van der Waals surface area contributed by atoms with Gasteiger partial charge in [0.25, 0.3) is 0 Å². The second-order valence-electron chi connectivity index (χ2n) is 6.26. The van der Waals surface area contributed by atoms with Gasteiger partial charge in [0.1, 0.15) is 0 Å². The maximum atomic E-state index is 6.54. The molecule has 0 spiro atoms. The minimum absolute atomic E-state index is 0.0914. The van der Waals surface area contributed by atoms with Gasteiger partial charge in [-0.2, -0.15) is 0 Å². The summed E-state index contributed by atoms with van der Waals surface area (Å²) < 4.78 is 6.54. The largest absolute Gasteiger partial charge is 0.408 e. The molecule has 1 aromatic carbocycles. The molecule has 0 amide bonds. The Labute approximate surface area is 112 Å². The van der Waals surface area contributed by atoms with E-state index >= 15 is 0 Å². The van der Waals surface area contributed by atoms with Gasteiger partial charge in [0.2, 0.25) is 0 Å². The molecule has 1 nitrogen and oxygen atoms in total. The van der Waals surface area contributed by atoms with Crippen molar-refractivity contribution in [1.82, 2.24) is 0 Å². The van der Waals surface area contributed by atoms with Crippen LogP contribution in [0.25, 0.3) is 5.57 Å². The molecule has 0 atom stereocenters. The lowest BCUT2D eigenvalue weighted by Gasteiger charge is -2.38. The van der Waals surface area contributed by atoms with E-state index in [1.165, 1.54) is 24.0 Å². The first-order chi connectivity index (χ1) is 8.43. The van der Waals surface area contributed by atoms with E-state index in [0.29, 0.717) is 0 Å². The molecule has 0 heterocycles. The fourth-order valence-corrected chi connectivity index (χ4v) is 4.40. The third kappa shape index (κ3) is 2.93. The first kappa shape index (κ1) is 13.6. The molecule has 2 heteroatoms. The van der Waals surface area contributed by atoms with Crippen LogP contribution >= 0.6 is 0 Å². The Balaban J connectivity index is 2.28. The van der Waals surface area contributed by atoms with E-state index in [9.17, 15) is 0 Å². The maximum absolute atomic E-state index is 6.54. The van der Waals surface area contributed by atoms with Crippen molar-refractivity contribution >= 4 is 13.9 Å². The molecule has 2 rings (SSSR count). The molecular formula is C16H24OSi. The van der Waals surface area contributed by atoms with E-state index in [2.05, 4.69) is 56.6 Å². The van der Waals surface area contributed by atoms with E-state index in [4.69, 9.17) is 4.43 Å². The molecule has 0 aromatic heterocycles. The summed E-state index contributed by atoms with van der Waals surface area (Å²) in [5.41, 5.74) is 2.33. The van der Waals surface area contributed by atoms with E-state index < -0.39 is 8.32 Å². The molecule has 0 bridgehead atoms. The summed E-state index contributed by atoms with van der Waals surface area (Å²) in [6, 6.07) is 10.5. The molecule has 0 N–H and O–H groups in total. The zero-order valence-electron chi connectivity index (χ0n) is 11.8. The van der Waals surface area contributed by atoms with Gasteiger partial charge in [-0.25, -0.2) is 0 Å². The minimum Gasteiger partial charge on any atom is -0.408 e. The number of hydrogen-bond acceptors (Lipinski definition) is 1. The summed E-state index contributed by atoms with van der Waals surface area (Å²) in [5, 5.41) is 0. The van der Waals surface area contributed by atoms with Crippen LogP contribution in [0.4, 0.5) is 0 Å². The minimum atomic E-state index is -1.55. The summed E-state index contributed by atoms with van der Waals surface area (Å²) in [4.78, 5) is 0. The molecule has 1 fully saturated rings. The Kier molecular flexibility index (Phi) is 3.78. The summed E-state index contributed by atoms with van der Waals surface area (Å²) in [7, 11) is -1.55. The average molecular weight is 260 g/mol. The zero-order chi connectivity index (χ0) is 13.2. The SMILES string of the molecule is C=C(c1ccccc1)C1(O[Si](C)(C)C)CCCC1. The lowest BCUT2D eigenvalue weighted by atomic mass is 9.88. The van der Waals surface area contributed by atoms with E-state index in [1.54, 1.807) is 0 Å². The number of benzene rings is 1. The van der Waals surface area contributed by atoms with Crippen LogP contribution in [0.2, 0.25) is 19.6 Å². The van der Waals surface area contributed by atoms with Crippen molar-refractivity contribution < 1.29 is 4.43 Å². The fraction of sp³-hybridized carbons (Fsp3) is 0.500. The van der Waals surface area contributed by atoms with Crippen molar-refractivity contribution in [3.05, 3.63) is 42.5 Å². The van der Waals surface area contributed by atoms with Gasteiger partial charge >= 0.3 is 0 Å². The highest BCUT2D eigenvalue weighted by atomic mass is 28.4. The predicted octanol–water partition coefficient (Wildman–Crippen LogP) is 4.86. The Morgan fingerprint density at radius 1 is 1.11 bits per heavy atom. The lowest BCUT2D eigenvalue weighted by molar-refractivity contribution is 0.131. The average Bonchev–Trinajstić information content (AvgIpc) is 2.76. The summed E-state index contributed by atoms with van der Waals surface area (Å²) in [6.45, 7) is 11.2. The number of hydrogen-bond donors (Lipinski definition) is 0. The van der Waals surface area contributed by atoms with Gasteiger partial charge in [0.15, 0.2) is 8.32 Å². The molecule has 18 heavy (non-hydrogen) atoms. The standard InChI is InChI=1S/C16H24OSi/c1-14(15-10-6-5-7-11-15)16(12-8-9-13-16)17-18(2,3)4/h5-7,10-11H,1,8-9,12-13H2,2-4H3. The highest BCUT2D eigenvalue weighted by Gasteiger charge is 2.41. The van der Waals surface area contributed by atoms with Gasteiger partial charge < -0.3 is 4.43 Å². The van der Waals surface area contributed by atoms with Crippen molar-refractivity contribution in [1.29, 1.82) is 0 Å². The number of rotatable bonds is 4. The summed E-state index contributed by atoms with van der Waals surface area (Å²) >= 11 is 0. The van der Waals surface area contributed by atoms with Gasteiger partial charge in [-0.1, -0.05) is 49.8 Å². The van der Waals surface area contributed by atoms with Crippen LogP contribution in [0, 0.1) is 0 Å². The van der Waals surface area contributed by atoms with Crippen LogP contribution in [0.3, 0.4) is 0 Å². The molecule has 1 aromatic rings. The van der Waals surface area contributed by atoms with E-state index in [-0.39, 0.29) is 5.60 Å². The zero-order valence-corrected chi connectivity index (χ0v) is 12.8. The molecule has 1 aliphatic rings.